The number of hydrogen-bond acceptors (Lipinski definition) is 6. The van der Waals surface area contributed by atoms with Gasteiger partial charge in [-0.3, -0.25) is 0 Å². The molecule has 2 heterocycles. The van der Waals surface area contributed by atoms with Crippen LogP contribution in [0, 0.1) is 0 Å². The van der Waals surface area contributed by atoms with E-state index in [4.69, 9.17) is 28.4 Å². The lowest BCUT2D eigenvalue weighted by Gasteiger charge is -2.31. The van der Waals surface area contributed by atoms with Crippen LogP contribution in [0.2, 0.25) is 0 Å². The van der Waals surface area contributed by atoms with Gasteiger partial charge in [0.2, 0.25) is 0 Å². The molecule has 2 fully saturated rings. The lowest BCUT2D eigenvalue weighted by Crippen LogP contribution is -2.28. The van der Waals surface area contributed by atoms with Gasteiger partial charge in [0.1, 0.15) is 36.9 Å². The van der Waals surface area contributed by atoms with Gasteiger partial charge in [-0.25, -0.2) is 0 Å². The summed E-state index contributed by atoms with van der Waals surface area (Å²) in [5.41, 5.74) is 5.29. The highest BCUT2D eigenvalue weighted by atomic mass is 16.6. The summed E-state index contributed by atoms with van der Waals surface area (Å²) in [6.45, 7) is 5.13. The Hall–Kier alpha value is -2.90. The minimum Gasteiger partial charge on any atom is -0.491 e. The van der Waals surface area contributed by atoms with Gasteiger partial charge in [0.15, 0.2) is 0 Å². The van der Waals surface area contributed by atoms with Crippen molar-refractivity contribution in [3.8, 4) is 11.5 Å². The number of epoxide rings is 2. The van der Waals surface area contributed by atoms with Gasteiger partial charge < -0.3 is 28.4 Å². The molecule has 3 aliphatic rings. The first-order chi connectivity index (χ1) is 18.3. The molecular formula is C31H34O6. The van der Waals surface area contributed by atoms with Crippen LogP contribution < -0.4 is 9.47 Å². The van der Waals surface area contributed by atoms with Crippen LogP contribution in [0.4, 0.5) is 0 Å². The highest BCUT2D eigenvalue weighted by Crippen LogP contribution is 2.45. The molecule has 0 N–H and O–H groups in total. The molecule has 2 saturated heterocycles. The van der Waals surface area contributed by atoms with Crippen molar-refractivity contribution in [2.24, 2.45) is 0 Å². The Morgan fingerprint density at radius 3 is 1.43 bits per heavy atom. The van der Waals surface area contributed by atoms with Crippen molar-refractivity contribution >= 4 is 0 Å². The van der Waals surface area contributed by atoms with Crippen LogP contribution in [0.25, 0.3) is 0 Å². The van der Waals surface area contributed by atoms with Crippen LogP contribution in [-0.2, 0) is 37.2 Å². The molecule has 37 heavy (non-hydrogen) atoms. The van der Waals surface area contributed by atoms with Crippen molar-refractivity contribution in [3.05, 3.63) is 95.1 Å². The van der Waals surface area contributed by atoms with E-state index in [1.807, 2.05) is 0 Å². The van der Waals surface area contributed by atoms with E-state index in [0.29, 0.717) is 39.6 Å². The molecule has 1 aliphatic carbocycles. The first kappa shape index (κ1) is 24.4. The molecule has 0 spiro atoms. The van der Waals surface area contributed by atoms with E-state index in [9.17, 15) is 0 Å². The topological polar surface area (TPSA) is 62.0 Å². The molecule has 0 saturated carbocycles. The van der Waals surface area contributed by atoms with E-state index in [-0.39, 0.29) is 17.6 Å². The lowest BCUT2D eigenvalue weighted by molar-refractivity contribution is 0.0878. The third-order valence-electron chi connectivity index (χ3n) is 7.32. The average molecular weight is 503 g/mol. The lowest BCUT2D eigenvalue weighted by atomic mass is 9.72. The molecule has 3 aromatic carbocycles. The second kappa shape index (κ2) is 11.2. The first-order valence-electron chi connectivity index (χ1n) is 13.2. The molecule has 0 bridgehead atoms. The Morgan fingerprint density at radius 2 is 1.03 bits per heavy atom. The van der Waals surface area contributed by atoms with Crippen LogP contribution in [0.5, 0.6) is 11.5 Å². The smallest absolute Gasteiger partial charge is 0.119 e. The predicted octanol–water partition coefficient (Wildman–Crippen LogP) is 4.36. The summed E-state index contributed by atoms with van der Waals surface area (Å²) >= 11 is 0. The molecule has 3 aromatic rings. The third-order valence-corrected chi connectivity index (χ3v) is 7.32. The largest absolute Gasteiger partial charge is 0.491 e. The van der Waals surface area contributed by atoms with Gasteiger partial charge in [0.05, 0.1) is 39.6 Å². The van der Waals surface area contributed by atoms with Gasteiger partial charge in [-0.2, -0.15) is 0 Å². The Balaban J connectivity index is 1.12. The zero-order valence-corrected chi connectivity index (χ0v) is 21.1. The molecule has 2 atom stereocenters. The molecule has 2 aliphatic heterocycles. The summed E-state index contributed by atoms with van der Waals surface area (Å²) in [7, 11) is 0. The molecular weight excluding hydrogens is 468 g/mol. The number of rotatable bonds is 14. The highest BCUT2D eigenvalue weighted by molar-refractivity contribution is 5.51. The summed E-state index contributed by atoms with van der Waals surface area (Å²) in [6.07, 6.45) is 2.51. The van der Waals surface area contributed by atoms with Crippen molar-refractivity contribution in [1.82, 2.24) is 0 Å². The van der Waals surface area contributed by atoms with Crippen LogP contribution in [0.3, 0.4) is 0 Å². The summed E-state index contributed by atoms with van der Waals surface area (Å²) < 4.78 is 33.3. The molecule has 0 radical (unpaired) electrons. The molecule has 6 rings (SSSR count). The number of benzene rings is 3. The second-order valence-corrected chi connectivity index (χ2v) is 10.0. The number of hydrogen-bond donors (Lipinski definition) is 0. The molecule has 0 aromatic heterocycles. The summed E-state index contributed by atoms with van der Waals surface area (Å²) in [4.78, 5) is 0. The first-order valence-corrected chi connectivity index (χ1v) is 13.2. The van der Waals surface area contributed by atoms with Crippen molar-refractivity contribution in [1.29, 1.82) is 0 Å². The van der Waals surface area contributed by atoms with E-state index in [1.165, 1.54) is 22.3 Å². The minimum atomic E-state index is -0.124. The van der Waals surface area contributed by atoms with Crippen molar-refractivity contribution < 1.29 is 28.4 Å². The van der Waals surface area contributed by atoms with E-state index in [0.717, 1.165) is 37.6 Å². The van der Waals surface area contributed by atoms with Crippen LogP contribution >= 0.6 is 0 Å². The van der Waals surface area contributed by atoms with Crippen molar-refractivity contribution in [2.75, 3.05) is 52.9 Å². The maximum atomic E-state index is 5.91. The fraction of sp³-hybridized carbons (Fsp3) is 0.419. The van der Waals surface area contributed by atoms with Crippen LogP contribution in [0.15, 0.2) is 72.8 Å². The fourth-order valence-electron chi connectivity index (χ4n) is 5.13. The van der Waals surface area contributed by atoms with Gasteiger partial charge in [0, 0.05) is 5.41 Å². The van der Waals surface area contributed by atoms with E-state index in [1.54, 1.807) is 0 Å². The van der Waals surface area contributed by atoms with Crippen LogP contribution in [-0.4, -0.2) is 65.1 Å². The Labute approximate surface area is 218 Å². The minimum absolute atomic E-state index is 0.124. The van der Waals surface area contributed by atoms with E-state index in [2.05, 4.69) is 72.8 Å². The Morgan fingerprint density at radius 1 is 0.595 bits per heavy atom. The zero-order valence-electron chi connectivity index (χ0n) is 21.1. The summed E-state index contributed by atoms with van der Waals surface area (Å²) in [5.74, 6) is 1.72. The van der Waals surface area contributed by atoms with Gasteiger partial charge in [0.25, 0.3) is 0 Å². The van der Waals surface area contributed by atoms with Crippen molar-refractivity contribution in [3.63, 3.8) is 0 Å². The second-order valence-electron chi connectivity index (χ2n) is 10.0. The van der Waals surface area contributed by atoms with E-state index >= 15 is 0 Å². The van der Waals surface area contributed by atoms with E-state index < -0.39 is 0 Å². The third kappa shape index (κ3) is 6.16. The predicted molar refractivity (Wildman–Crippen MR) is 140 cm³/mol. The molecule has 0 amide bonds. The average Bonchev–Trinajstić information content (AvgIpc) is 3.87. The standard InChI is InChI=1S/C31H34O6/c1-2-4-24-18-31(17-23(24)3-1,25-5-9-27(10-6-25)34-15-13-32-19-29-21-36-29)26-7-11-28(12-8-26)35-16-14-33-20-30-22-37-30/h1-12,29-30H,13-22H2. The summed E-state index contributed by atoms with van der Waals surface area (Å²) in [6, 6.07) is 25.9. The maximum absolute atomic E-state index is 5.91. The molecule has 194 valence electrons. The Bertz CT molecular complexity index is 1060. The molecule has 6 nitrogen and oxygen atoms in total. The van der Waals surface area contributed by atoms with Gasteiger partial charge in [-0.15, -0.1) is 0 Å². The summed E-state index contributed by atoms with van der Waals surface area (Å²) in [5, 5.41) is 0. The number of fused-ring (bicyclic) bond motifs is 1. The SMILES string of the molecule is c1ccc2c(c1)CC(c1ccc(OCCOCC3CO3)cc1)(c1ccc(OCCOCC3CO3)cc1)C2. The monoisotopic (exact) mass is 502 g/mol. The highest BCUT2D eigenvalue weighted by Gasteiger charge is 2.40. The fourth-order valence-corrected chi connectivity index (χ4v) is 5.13. The Kier molecular flexibility index (Phi) is 7.42. The van der Waals surface area contributed by atoms with Gasteiger partial charge in [-0.1, -0.05) is 48.5 Å². The number of ether oxygens (including phenoxy) is 6. The normalized spacial score (nSPS) is 20.9. The van der Waals surface area contributed by atoms with Crippen LogP contribution in [0.1, 0.15) is 22.3 Å². The zero-order chi connectivity index (χ0) is 24.9. The van der Waals surface area contributed by atoms with Gasteiger partial charge in [-0.05, 0) is 59.4 Å². The quantitative estimate of drug-likeness (QED) is 0.241. The van der Waals surface area contributed by atoms with Gasteiger partial charge >= 0.3 is 0 Å². The molecule has 2 unspecified atom stereocenters. The maximum Gasteiger partial charge on any atom is 0.119 e. The molecule has 6 heteroatoms. The van der Waals surface area contributed by atoms with Crippen molar-refractivity contribution in [2.45, 2.75) is 30.5 Å².